The van der Waals surface area contributed by atoms with E-state index in [1.165, 1.54) is 18.1 Å². The number of rotatable bonds is 10. The van der Waals surface area contributed by atoms with Crippen LogP contribution < -0.4 is 20.5 Å². The first kappa shape index (κ1) is 22.8. The van der Waals surface area contributed by atoms with Crippen LogP contribution in [0.1, 0.15) is 5.56 Å². The molecule has 31 heavy (non-hydrogen) atoms. The van der Waals surface area contributed by atoms with E-state index in [1.54, 1.807) is 25.3 Å². The maximum Gasteiger partial charge on any atom is 0.208 e. The average molecular weight is 463 g/mol. The summed E-state index contributed by atoms with van der Waals surface area (Å²) in [5.41, 5.74) is 7.53. The Morgan fingerprint density at radius 2 is 2.10 bits per heavy atom. The molecule has 0 saturated heterocycles. The number of hydrogen-bond donors (Lipinski definition) is 3. The minimum absolute atomic E-state index is 0.266. The molecule has 0 spiro atoms. The molecule has 0 amide bonds. The Labute approximate surface area is 184 Å². The number of aromatic nitrogens is 4. The van der Waals surface area contributed by atoms with Crippen LogP contribution in [0.2, 0.25) is 0 Å². The number of ether oxygens (including phenoxy) is 1. The molecule has 0 aliphatic heterocycles. The molecule has 3 aromatic rings. The van der Waals surface area contributed by atoms with Crippen LogP contribution in [0.4, 0.5) is 5.82 Å². The van der Waals surface area contributed by atoms with Crippen molar-refractivity contribution in [2.75, 3.05) is 38.7 Å². The Kier molecular flexibility index (Phi) is 7.29. The van der Waals surface area contributed by atoms with E-state index < -0.39 is 10.0 Å². The molecular formula is C18H22N8O3S2. The summed E-state index contributed by atoms with van der Waals surface area (Å²) in [5.74, 6) is 0.894. The highest BCUT2D eigenvalue weighted by Gasteiger charge is 2.17. The zero-order valence-corrected chi connectivity index (χ0v) is 18.6. The third kappa shape index (κ3) is 5.82. The van der Waals surface area contributed by atoms with Gasteiger partial charge in [0.1, 0.15) is 18.1 Å². The molecular weight excluding hydrogens is 440 g/mol. The maximum atomic E-state index is 11.1. The zero-order chi connectivity index (χ0) is 22.4. The van der Waals surface area contributed by atoms with Crippen LogP contribution in [-0.4, -0.2) is 60.9 Å². The molecule has 1 aromatic carbocycles. The second-order valence-electron chi connectivity index (χ2n) is 6.47. The van der Waals surface area contributed by atoms with E-state index >= 15 is 0 Å². The molecule has 0 unspecified atom stereocenters. The van der Waals surface area contributed by atoms with Gasteiger partial charge in [0.25, 0.3) is 0 Å². The van der Waals surface area contributed by atoms with Gasteiger partial charge in [-0.05, 0) is 18.2 Å². The molecule has 4 N–H and O–H groups in total. The molecule has 0 aliphatic rings. The minimum Gasteiger partial charge on any atom is -0.497 e. The Balaban J connectivity index is 1.83. The Hall–Kier alpha value is -2.92. The van der Waals surface area contributed by atoms with Gasteiger partial charge in [0.05, 0.1) is 18.9 Å². The van der Waals surface area contributed by atoms with Crippen molar-refractivity contribution < 1.29 is 13.2 Å². The lowest BCUT2D eigenvalue weighted by Gasteiger charge is -2.11. The maximum absolute atomic E-state index is 11.1. The number of methoxy groups -OCH3 is 1. The number of nitrogens with two attached hydrogens (primary N) is 1. The number of nitriles is 1. The summed E-state index contributed by atoms with van der Waals surface area (Å²) < 4.78 is 31.9. The Bertz CT molecular complexity index is 1220. The standard InChI is InChI=1S/C18H22N8O3S2/c1-29-13-4-3-12(10-19)14(9-13)30-18-25-15-16(20)22-11-23-17(15)26(18)8-7-21-5-6-24-31(2,27)28/h3-4,9,11,21,24H,5-8H2,1-2H3,(H2,20,22,23). The molecule has 0 fully saturated rings. The predicted octanol–water partition coefficient (Wildman–Crippen LogP) is 0.579. The molecule has 2 aromatic heterocycles. The molecule has 164 valence electrons. The number of nitrogen functional groups attached to an aromatic ring is 1. The highest BCUT2D eigenvalue weighted by Crippen LogP contribution is 2.34. The number of benzene rings is 1. The van der Waals surface area contributed by atoms with Crippen molar-refractivity contribution in [1.82, 2.24) is 29.6 Å². The molecule has 0 saturated carbocycles. The van der Waals surface area contributed by atoms with Crippen LogP contribution in [0, 0.1) is 11.3 Å². The first-order valence-corrected chi connectivity index (χ1v) is 11.9. The van der Waals surface area contributed by atoms with Gasteiger partial charge in [-0.2, -0.15) is 5.26 Å². The number of sulfonamides is 1. The third-order valence-corrected chi connectivity index (χ3v) is 5.99. The smallest absolute Gasteiger partial charge is 0.208 e. The summed E-state index contributed by atoms with van der Waals surface area (Å²) in [6.45, 7) is 1.79. The number of nitrogens with one attached hydrogen (secondary N) is 2. The Morgan fingerprint density at radius 3 is 2.81 bits per heavy atom. The lowest BCUT2D eigenvalue weighted by Crippen LogP contribution is -2.32. The van der Waals surface area contributed by atoms with Crippen molar-refractivity contribution in [1.29, 1.82) is 5.26 Å². The second kappa shape index (κ2) is 9.92. The van der Waals surface area contributed by atoms with Gasteiger partial charge in [0.15, 0.2) is 22.1 Å². The fourth-order valence-electron chi connectivity index (χ4n) is 2.76. The van der Waals surface area contributed by atoms with Crippen molar-refractivity contribution >= 4 is 38.8 Å². The predicted molar refractivity (Wildman–Crippen MR) is 117 cm³/mol. The number of imidazole rings is 1. The molecule has 0 aliphatic carbocycles. The van der Waals surface area contributed by atoms with E-state index in [1.807, 2.05) is 4.57 Å². The van der Waals surface area contributed by atoms with Gasteiger partial charge in [-0.15, -0.1) is 0 Å². The molecule has 0 bridgehead atoms. The van der Waals surface area contributed by atoms with Gasteiger partial charge in [-0.1, -0.05) is 11.8 Å². The van der Waals surface area contributed by atoms with E-state index in [9.17, 15) is 13.7 Å². The van der Waals surface area contributed by atoms with Gasteiger partial charge in [-0.25, -0.2) is 28.1 Å². The topological polar surface area (TPSA) is 161 Å². The quantitative estimate of drug-likeness (QED) is 0.363. The normalized spacial score (nSPS) is 11.5. The molecule has 2 heterocycles. The molecule has 11 nitrogen and oxygen atoms in total. The minimum atomic E-state index is -3.22. The van der Waals surface area contributed by atoms with Crippen LogP contribution in [-0.2, 0) is 16.6 Å². The van der Waals surface area contributed by atoms with Crippen LogP contribution in [0.15, 0.2) is 34.6 Å². The van der Waals surface area contributed by atoms with E-state index in [-0.39, 0.29) is 12.4 Å². The summed E-state index contributed by atoms with van der Waals surface area (Å²) in [5, 5.41) is 13.2. The summed E-state index contributed by atoms with van der Waals surface area (Å²) >= 11 is 1.31. The van der Waals surface area contributed by atoms with Gasteiger partial charge >= 0.3 is 0 Å². The molecule has 3 rings (SSSR count). The summed E-state index contributed by atoms with van der Waals surface area (Å²) in [6, 6.07) is 7.37. The summed E-state index contributed by atoms with van der Waals surface area (Å²) in [4.78, 5) is 13.6. The molecule has 0 radical (unpaired) electrons. The van der Waals surface area contributed by atoms with Crippen LogP contribution in [0.3, 0.4) is 0 Å². The monoisotopic (exact) mass is 462 g/mol. The van der Waals surface area contributed by atoms with E-state index in [2.05, 4.69) is 31.1 Å². The van der Waals surface area contributed by atoms with Crippen LogP contribution >= 0.6 is 11.8 Å². The van der Waals surface area contributed by atoms with Crippen molar-refractivity contribution in [2.24, 2.45) is 0 Å². The van der Waals surface area contributed by atoms with Gasteiger partial charge in [-0.3, -0.25) is 0 Å². The van der Waals surface area contributed by atoms with E-state index in [0.717, 1.165) is 6.26 Å². The zero-order valence-electron chi connectivity index (χ0n) is 17.0. The van der Waals surface area contributed by atoms with E-state index in [0.29, 0.717) is 52.2 Å². The average Bonchev–Trinajstić information content (AvgIpc) is 3.08. The number of anilines is 1. The number of nitrogens with zero attached hydrogens (tertiary/aromatic N) is 5. The number of hydrogen-bond acceptors (Lipinski definition) is 10. The largest absolute Gasteiger partial charge is 0.497 e. The lowest BCUT2D eigenvalue weighted by atomic mass is 10.2. The molecule has 13 heteroatoms. The fourth-order valence-corrected chi connectivity index (χ4v) is 4.25. The van der Waals surface area contributed by atoms with Crippen molar-refractivity contribution in [3.05, 3.63) is 30.1 Å². The van der Waals surface area contributed by atoms with Crippen molar-refractivity contribution in [3.8, 4) is 11.8 Å². The second-order valence-corrected chi connectivity index (χ2v) is 9.31. The summed E-state index contributed by atoms with van der Waals surface area (Å²) in [7, 11) is -1.66. The van der Waals surface area contributed by atoms with Crippen molar-refractivity contribution in [3.63, 3.8) is 0 Å². The summed E-state index contributed by atoms with van der Waals surface area (Å²) in [6.07, 6.45) is 2.49. The highest BCUT2D eigenvalue weighted by molar-refractivity contribution is 7.99. The Morgan fingerprint density at radius 1 is 1.29 bits per heavy atom. The van der Waals surface area contributed by atoms with Crippen molar-refractivity contribution in [2.45, 2.75) is 16.6 Å². The van der Waals surface area contributed by atoms with Gasteiger partial charge < -0.3 is 20.4 Å². The first-order valence-electron chi connectivity index (χ1n) is 9.20. The van der Waals surface area contributed by atoms with Crippen LogP contribution in [0.25, 0.3) is 11.2 Å². The van der Waals surface area contributed by atoms with E-state index in [4.69, 9.17) is 10.5 Å². The lowest BCUT2D eigenvalue weighted by molar-refractivity contribution is 0.413. The van der Waals surface area contributed by atoms with Gasteiger partial charge in [0, 0.05) is 31.1 Å². The fraction of sp³-hybridized carbons (Fsp3) is 0.333. The van der Waals surface area contributed by atoms with Crippen LogP contribution in [0.5, 0.6) is 5.75 Å². The molecule has 0 atom stereocenters. The first-order chi connectivity index (χ1) is 14.8. The highest BCUT2D eigenvalue weighted by atomic mass is 32.2. The number of fused-ring (bicyclic) bond motifs is 1. The SMILES string of the molecule is COc1ccc(C#N)c(Sc2nc3c(N)ncnc3n2CCNCCNS(C)(=O)=O)c1. The third-order valence-electron chi connectivity index (χ3n) is 4.21. The van der Waals surface area contributed by atoms with Gasteiger partial charge in [0.2, 0.25) is 10.0 Å².